The van der Waals surface area contributed by atoms with Crippen LogP contribution < -0.4 is 0 Å². The number of hydrogen-bond donors (Lipinski definition) is 0. The third kappa shape index (κ3) is 23.6. The topological polar surface area (TPSA) is 55.4 Å². The summed E-state index contributed by atoms with van der Waals surface area (Å²) in [4.78, 5) is 0. The highest BCUT2D eigenvalue weighted by molar-refractivity contribution is 6.91. The molecule has 0 N–H and O–H groups in total. The van der Waals surface area contributed by atoms with E-state index in [1.807, 2.05) is 5.70 Å². The maximum Gasteiger partial charge on any atom is 0.342 e. The molecule has 2 atom stereocenters. The molecule has 0 radical (unpaired) electrons. The summed E-state index contributed by atoms with van der Waals surface area (Å²) < 4.78 is 37.0. The predicted molar refractivity (Wildman–Crippen MR) is 170 cm³/mol. The predicted octanol–water partition coefficient (Wildman–Crippen LogP) is 7.46. The van der Waals surface area contributed by atoms with Crippen molar-refractivity contribution in [1.29, 1.82) is 0 Å². The Hall–Kier alpha value is 1.24. The van der Waals surface area contributed by atoms with Crippen LogP contribution in [-0.2, 0) is 24.7 Å². The minimum atomic E-state index is -2.31. The van der Waals surface area contributed by atoms with E-state index in [-0.39, 0.29) is 0 Å². The van der Waals surface area contributed by atoms with Crippen LogP contribution in [0.15, 0.2) is 12.3 Å². The van der Waals surface area contributed by atoms with Crippen LogP contribution in [0.2, 0.25) is 118 Å². The summed E-state index contributed by atoms with van der Waals surface area (Å²) in [5.41, 5.74) is 1.88. The van der Waals surface area contributed by atoms with E-state index in [1.54, 1.807) is 0 Å². The second-order valence-electron chi connectivity index (χ2n) is 13.7. The summed E-state index contributed by atoms with van der Waals surface area (Å²) in [6.07, 6.45) is 0. The van der Waals surface area contributed by atoms with Crippen LogP contribution in [0.3, 0.4) is 0 Å². The first-order valence-corrected chi connectivity index (χ1v) is 36.0. The minimum absolute atomic E-state index is 1.46. The van der Waals surface area contributed by atoms with E-state index >= 15 is 0 Å². The molecule has 0 saturated carbocycles. The molecule has 0 aliphatic rings. The maximum absolute atomic E-state index is 6.31. The second-order valence-corrected chi connectivity index (χ2v) is 44.9. The van der Waals surface area contributed by atoms with E-state index < -0.39 is 68.2 Å². The van der Waals surface area contributed by atoms with E-state index in [9.17, 15) is 0 Å². The normalized spacial score (nSPS) is 16.9. The molecule has 0 amide bonds. The number of rotatable bonds is 13. The summed E-state index contributed by atoms with van der Waals surface area (Å²) in [5.74, 6) is 0. The van der Waals surface area contributed by atoms with Crippen LogP contribution in [-0.4, -0.2) is 68.2 Å². The molecule has 0 fully saturated rings. The summed E-state index contributed by atoms with van der Waals surface area (Å²) in [5, 5.41) is 0. The van der Waals surface area contributed by atoms with Gasteiger partial charge in [-0.1, -0.05) is 5.70 Å². The highest BCUT2D eigenvalue weighted by Gasteiger charge is 2.42. The second kappa shape index (κ2) is 13.3. The van der Waals surface area contributed by atoms with Gasteiger partial charge < -0.3 is 24.7 Å². The lowest BCUT2D eigenvalue weighted by Gasteiger charge is -2.39. The molecule has 2 unspecified atom stereocenters. The molecule has 206 valence electrons. The lowest BCUT2D eigenvalue weighted by atomic mass is 11.3. The molecule has 6 nitrogen and oxygen atoms in total. The van der Waals surface area contributed by atoms with Crippen molar-refractivity contribution in [2.24, 2.45) is 0 Å². The van der Waals surface area contributed by atoms with Gasteiger partial charge in [-0.25, -0.2) is 0 Å². The van der Waals surface area contributed by atoms with Gasteiger partial charge in [-0.15, -0.1) is 6.58 Å². The summed E-state index contributed by atoms with van der Waals surface area (Å²) >= 11 is 0. The van der Waals surface area contributed by atoms with Gasteiger partial charge in [-0.2, -0.15) is 0 Å². The molecule has 14 heteroatoms. The van der Waals surface area contributed by atoms with Crippen molar-refractivity contribution in [3.8, 4) is 0 Å². The molecule has 0 aromatic heterocycles. The van der Waals surface area contributed by atoms with Gasteiger partial charge in [-0.3, -0.25) is 0 Å². The molecular formula is C20H58O6Si8. The lowest BCUT2D eigenvalue weighted by Crippen LogP contribution is -2.56. The Morgan fingerprint density at radius 1 is 0.471 bits per heavy atom. The SMILES string of the molecule is C=C[Si](C)(O[Si](C)(C)C)O[Si](C)(C)O[Si](C)(C)C.C[SiH](O[Si](C)(C)C)O[Si](C)(C)O[Si](C)(C)C. The van der Waals surface area contributed by atoms with Gasteiger partial charge in [0.1, 0.15) is 0 Å². The smallest absolute Gasteiger partial charge is 0.342 e. The first kappa shape index (κ1) is 37.4. The molecular weight excluding hydrogens is 561 g/mol. The summed E-state index contributed by atoms with van der Waals surface area (Å²) in [6, 6.07) is 0. The van der Waals surface area contributed by atoms with Crippen molar-refractivity contribution < 1.29 is 24.7 Å². The van der Waals surface area contributed by atoms with Gasteiger partial charge in [0.2, 0.25) is 0 Å². The van der Waals surface area contributed by atoms with Crippen molar-refractivity contribution in [2.45, 2.75) is 118 Å². The largest absolute Gasteiger partial charge is 0.439 e. The van der Waals surface area contributed by atoms with Crippen molar-refractivity contribution in [3.05, 3.63) is 12.3 Å². The van der Waals surface area contributed by atoms with Crippen LogP contribution in [0.4, 0.5) is 0 Å². The minimum Gasteiger partial charge on any atom is -0.439 e. The summed E-state index contributed by atoms with van der Waals surface area (Å²) in [6.45, 7) is 42.9. The quantitative estimate of drug-likeness (QED) is 0.200. The fourth-order valence-electron chi connectivity index (χ4n) is 3.64. The zero-order valence-corrected chi connectivity index (χ0v) is 34.0. The molecule has 0 aromatic rings. The molecule has 0 bridgehead atoms. The van der Waals surface area contributed by atoms with Crippen molar-refractivity contribution >= 4 is 68.2 Å². The third-order valence-electron chi connectivity index (χ3n) is 3.40. The van der Waals surface area contributed by atoms with Crippen LogP contribution >= 0.6 is 0 Å². The fourth-order valence-corrected chi connectivity index (χ4v) is 34.4. The van der Waals surface area contributed by atoms with Gasteiger partial charge in [0.15, 0.2) is 33.3 Å². The van der Waals surface area contributed by atoms with Crippen LogP contribution in [0.1, 0.15) is 0 Å². The van der Waals surface area contributed by atoms with Crippen molar-refractivity contribution in [2.75, 3.05) is 0 Å². The summed E-state index contributed by atoms with van der Waals surface area (Å²) in [7, 11) is -14.1. The van der Waals surface area contributed by atoms with Crippen LogP contribution in [0, 0.1) is 0 Å². The first-order chi connectivity index (χ1) is 14.5. The monoisotopic (exact) mass is 618 g/mol. The highest BCUT2D eigenvalue weighted by Crippen LogP contribution is 2.24. The van der Waals surface area contributed by atoms with Crippen LogP contribution in [0.5, 0.6) is 0 Å². The van der Waals surface area contributed by atoms with E-state index in [1.165, 1.54) is 0 Å². The van der Waals surface area contributed by atoms with Crippen LogP contribution in [0.25, 0.3) is 0 Å². The maximum atomic E-state index is 6.31. The molecule has 0 heterocycles. The Labute approximate surface area is 222 Å². The molecule has 0 spiro atoms. The zero-order chi connectivity index (χ0) is 28.0. The first-order valence-electron chi connectivity index (χ1n) is 12.3. The Balaban J connectivity index is 0. The van der Waals surface area contributed by atoms with Gasteiger partial charge in [0.25, 0.3) is 9.28 Å². The average molecular weight is 619 g/mol. The lowest BCUT2D eigenvalue weighted by molar-refractivity contribution is 0.336. The standard InChI is InChI=1S/C11H30O3Si4.C9H28O3Si4/c1-11-18(10,13-16(5,6)7)14-17(8,9)12-15(2,3)4;1-13(10-14(2,3)4)11-16(8,9)12-15(5,6)7/h11H,1H2,2-10H3;13H,1-9H3. The molecule has 34 heavy (non-hydrogen) atoms. The molecule has 0 aliphatic heterocycles. The Bertz CT molecular complexity index is 621. The Morgan fingerprint density at radius 2 is 0.824 bits per heavy atom. The van der Waals surface area contributed by atoms with Crippen molar-refractivity contribution in [3.63, 3.8) is 0 Å². The molecule has 0 aromatic carbocycles. The number of hydrogen-bond acceptors (Lipinski definition) is 6. The van der Waals surface area contributed by atoms with Gasteiger partial charge >= 0.3 is 25.7 Å². The highest BCUT2D eigenvalue weighted by atomic mass is 28.5. The van der Waals surface area contributed by atoms with Gasteiger partial charge in [-0.05, 0) is 118 Å². The van der Waals surface area contributed by atoms with Crippen molar-refractivity contribution in [1.82, 2.24) is 0 Å². The molecule has 0 aliphatic carbocycles. The van der Waals surface area contributed by atoms with Gasteiger partial charge in [0.05, 0.1) is 0 Å². The third-order valence-corrected chi connectivity index (χ3v) is 28.4. The fraction of sp³-hybridized carbons (Fsp3) is 0.900. The molecule has 0 saturated heterocycles. The average Bonchev–Trinajstić information content (AvgIpc) is 2.35. The molecule has 0 rings (SSSR count). The van der Waals surface area contributed by atoms with E-state index in [4.69, 9.17) is 24.7 Å². The Morgan fingerprint density at radius 3 is 1.12 bits per heavy atom. The van der Waals surface area contributed by atoms with E-state index in [2.05, 4.69) is 124 Å². The zero-order valence-electron chi connectivity index (χ0n) is 25.8. The van der Waals surface area contributed by atoms with E-state index in [0.29, 0.717) is 0 Å². The Kier molecular flexibility index (Phi) is 14.7. The van der Waals surface area contributed by atoms with Gasteiger partial charge in [0, 0.05) is 0 Å². The van der Waals surface area contributed by atoms with E-state index in [0.717, 1.165) is 0 Å².